The van der Waals surface area contributed by atoms with Crippen LogP contribution in [0.2, 0.25) is 5.02 Å². The van der Waals surface area contributed by atoms with Gasteiger partial charge < -0.3 is 19.3 Å². The second-order valence-corrected chi connectivity index (χ2v) is 6.66. The fourth-order valence-corrected chi connectivity index (χ4v) is 2.35. The standard InChI is InChI=1S/C23H20ClNO7/c1-15(26)19(22(28)31-13-16-6-4-3-5-7-16)12-25-20(23(29)30-2)14-32-21(27)17-8-10-18(24)11-9-17/h3-12,14,26H,13H2,1-2H3/b19-15+,20-14-,25-12+. The first-order valence-corrected chi connectivity index (χ1v) is 9.59. The summed E-state index contributed by atoms with van der Waals surface area (Å²) < 4.78 is 14.7. The van der Waals surface area contributed by atoms with Crippen LogP contribution < -0.4 is 0 Å². The first-order valence-electron chi connectivity index (χ1n) is 9.21. The number of ether oxygens (including phenoxy) is 3. The SMILES string of the molecule is COC(=O)C(=C/OC(=O)c1ccc(Cl)cc1)/N=C/C(C(=O)OCc1ccccc1)=C(/C)O. The molecule has 0 amide bonds. The zero-order valence-corrected chi connectivity index (χ0v) is 18.0. The maximum absolute atomic E-state index is 12.3. The molecule has 0 spiro atoms. The van der Waals surface area contributed by atoms with Crippen molar-refractivity contribution in [3.8, 4) is 0 Å². The Morgan fingerprint density at radius 3 is 2.28 bits per heavy atom. The van der Waals surface area contributed by atoms with E-state index in [1.807, 2.05) is 6.07 Å². The van der Waals surface area contributed by atoms with Crippen LogP contribution in [0.5, 0.6) is 0 Å². The van der Waals surface area contributed by atoms with Gasteiger partial charge in [0.05, 0.1) is 12.7 Å². The second kappa shape index (κ2) is 12.1. The number of aliphatic hydroxyl groups excluding tert-OH is 1. The van der Waals surface area contributed by atoms with Crippen molar-refractivity contribution >= 4 is 35.7 Å². The van der Waals surface area contributed by atoms with Crippen molar-refractivity contribution in [2.75, 3.05) is 7.11 Å². The number of carbonyl (C=O) groups is 3. The molecule has 0 bridgehead atoms. The number of methoxy groups -OCH3 is 1. The first-order chi connectivity index (χ1) is 15.3. The lowest BCUT2D eigenvalue weighted by molar-refractivity contribution is -0.140. The summed E-state index contributed by atoms with van der Waals surface area (Å²) in [6.07, 6.45) is 1.69. The van der Waals surface area contributed by atoms with Crippen LogP contribution in [0.25, 0.3) is 0 Å². The van der Waals surface area contributed by atoms with Crippen molar-refractivity contribution in [3.63, 3.8) is 0 Å². The normalized spacial score (nSPS) is 12.2. The van der Waals surface area contributed by atoms with Gasteiger partial charge in [-0.15, -0.1) is 0 Å². The van der Waals surface area contributed by atoms with Gasteiger partial charge in [0.1, 0.15) is 24.2 Å². The van der Waals surface area contributed by atoms with Crippen LogP contribution in [-0.2, 0) is 30.4 Å². The van der Waals surface area contributed by atoms with Crippen LogP contribution in [0.1, 0.15) is 22.8 Å². The quantitative estimate of drug-likeness (QED) is 0.208. The Kier molecular flexibility index (Phi) is 9.19. The van der Waals surface area contributed by atoms with Crippen molar-refractivity contribution in [3.05, 3.63) is 94.0 Å². The van der Waals surface area contributed by atoms with Gasteiger partial charge in [-0.25, -0.2) is 19.4 Å². The highest BCUT2D eigenvalue weighted by Crippen LogP contribution is 2.12. The lowest BCUT2D eigenvalue weighted by Gasteiger charge is -2.06. The van der Waals surface area contributed by atoms with Gasteiger partial charge in [0.25, 0.3) is 0 Å². The van der Waals surface area contributed by atoms with E-state index in [4.69, 9.17) is 21.1 Å². The summed E-state index contributed by atoms with van der Waals surface area (Å²) in [5.41, 5.74) is 0.219. The Labute approximate surface area is 189 Å². The van der Waals surface area contributed by atoms with E-state index in [2.05, 4.69) is 9.73 Å². The van der Waals surface area contributed by atoms with Gasteiger partial charge in [0, 0.05) is 11.2 Å². The van der Waals surface area contributed by atoms with Gasteiger partial charge in [0.2, 0.25) is 0 Å². The smallest absolute Gasteiger partial charge is 0.359 e. The number of benzene rings is 2. The highest BCUT2D eigenvalue weighted by molar-refractivity contribution is 6.30. The number of nitrogens with zero attached hydrogens (tertiary/aromatic N) is 1. The molecule has 0 unspecified atom stereocenters. The Bertz CT molecular complexity index is 1050. The van der Waals surface area contributed by atoms with E-state index in [0.717, 1.165) is 25.1 Å². The van der Waals surface area contributed by atoms with E-state index < -0.39 is 23.6 Å². The maximum atomic E-state index is 12.3. The summed E-state index contributed by atoms with van der Waals surface area (Å²) >= 11 is 5.78. The summed E-state index contributed by atoms with van der Waals surface area (Å²) in [4.78, 5) is 40.2. The topological polar surface area (TPSA) is 111 Å². The van der Waals surface area contributed by atoms with Crippen LogP contribution in [0.15, 0.2) is 82.9 Å². The number of allylic oxidation sites excluding steroid dienone is 1. The van der Waals surface area contributed by atoms with Crippen molar-refractivity contribution in [2.45, 2.75) is 13.5 Å². The molecule has 32 heavy (non-hydrogen) atoms. The average molecular weight is 458 g/mol. The molecule has 2 aromatic carbocycles. The largest absolute Gasteiger partial charge is 0.512 e. The fourth-order valence-electron chi connectivity index (χ4n) is 2.23. The number of hydrogen-bond acceptors (Lipinski definition) is 8. The van der Waals surface area contributed by atoms with E-state index in [1.165, 1.54) is 31.2 Å². The highest BCUT2D eigenvalue weighted by Gasteiger charge is 2.16. The van der Waals surface area contributed by atoms with Gasteiger partial charge in [-0.05, 0) is 36.8 Å². The lowest BCUT2D eigenvalue weighted by Crippen LogP contribution is -2.12. The molecule has 166 valence electrons. The minimum atomic E-state index is -0.933. The number of aliphatic hydroxyl groups is 1. The van der Waals surface area contributed by atoms with Crippen molar-refractivity contribution in [2.24, 2.45) is 4.99 Å². The molecule has 0 aliphatic rings. The van der Waals surface area contributed by atoms with Gasteiger partial charge in [0.15, 0.2) is 5.70 Å². The Morgan fingerprint density at radius 1 is 1.03 bits per heavy atom. The van der Waals surface area contributed by atoms with Crippen molar-refractivity contribution in [1.82, 2.24) is 0 Å². The maximum Gasteiger partial charge on any atom is 0.359 e. The number of halogens is 1. The minimum Gasteiger partial charge on any atom is -0.512 e. The Balaban J connectivity index is 2.14. The molecule has 0 aliphatic heterocycles. The zero-order chi connectivity index (χ0) is 23.5. The summed E-state index contributed by atoms with van der Waals surface area (Å²) in [6, 6.07) is 14.8. The third-order valence-corrected chi connectivity index (χ3v) is 4.16. The molecule has 1 N–H and O–H groups in total. The third kappa shape index (κ3) is 7.41. The van der Waals surface area contributed by atoms with E-state index in [1.54, 1.807) is 24.3 Å². The van der Waals surface area contributed by atoms with Crippen LogP contribution in [0.3, 0.4) is 0 Å². The number of rotatable bonds is 8. The summed E-state index contributed by atoms with van der Waals surface area (Å²) in [7, 11) is 1.11. The van der Waals surface area contributed by atoms with Gasteiger partial charge in [-0.2, -0.15) is 0 Å². The van der Waals surface area contributed by atoms with E-state index in [9.17, 15) is 19.5 Å². The summed E-state index contributed by atoms with van der Waals surface area (Å²) in [5, 5.41) is 10.3. The molecule has 9 heteroatoms. The number of esters is 3. The molecule has 0 aromatic heterocycles. The molecule has 0 saturated carbocycles. The lowest BCUT2D eigenvalue weighted by atomic mass is 10.2. The molecule has 0 saturated heterocycles. The molecule has 0 aliphatic carbocycles. The molecule has 0 atom stereocenters. The molecule has 2 rings (SSSR count). The first kappa shape index (κ1) is 24.4. The van der Waals surface area contributed by atoms with Gasteiger partial charge in [-0.3, -0.25) is 0 Å². The predicted molar refractivity (Wildman–Crippen MR) is 117 cm³/mol. The highest BCUT2D eigenvalue weighted by atomic mass is 35.5. The van der Waals surface area contributed by atoms with Crippen LogP contribution >= 0.6 is 11.6 Å². The van der Waals surface area contributed by atoms with Crippen molar-refractivity contribution in [1.29, 1.82) is 0 Å². The summed E-state index contributed by atoms with van der Waals surface area (Å²) in [5.74, 6) is -2.94. The van der Waals surface area contributed by atoms with E-state index >= 15 is 0 Å². The van der Waals surface area contributed by atoms with E-state index in [-0.39, 0.29) is 23.5 Å². The summed E-state index contributed by atoms with van der Waals surface area (Å²) in [6.45, 7) is 1.23. The fraction of sp³-hybridized carbons (Fsp3) is 0.130. The minimum absolute atomic E-state index is 0.0251. The Hall–Kier alpha value is -3.91. The predicted octanol–water partition coefficient (Wildman–Crippen LogP) is 4.16. The van der Waals surface area contributed by atoms with Crippen LogP contribution in [-0.4, -0.2) is 36.3 Å². The molecular formula is C23H20ClNO7. The van der Waals surface area contributed by atoms with Gasteiger partial charge in [-0.1, -0.05) is 41.9 Å². The average Bonchev–Trinajstić information content (AvgIpc) is 2.80. The van der Waals surface area contributed by atoms with E-state index in [0.29, 0.717) is 5.02 Å². The molecule has 0 fully saturated rings. The zero-order valence-electron chi connectivity index (χ0n) is 17.3. The number of hydrogen-bond donors (Lipinski definition) is 1. The molecule has 2 aromatic rings. The molecule has 8 nitrogen and oxygen atoms in total. The molecular weight excluding hydrogens is 438 g/mol. The molecule has 0 heterocycles. The molecule has 0 radical (unpaired) electrons. The van der Waals surface area contributed by atoms with Crippen LogP contribution in [0.4, 0.5) is 0 Å². The van der Waals surface area contributed by atoms with Crippen LogP contribution in [0, 0.1) is 0 Å². The second-order valence-electron chi connectivity index (χ2n) is 6.23. The Morgan fingerprint density at radius 2 is 1.69 bits per heavy atom. The monoisotopic (exact) mass is 457 g/mol. The number of aliphatic imine (C=N–C) groups is 1. The third-order valence-electron chi connectivity index (χ3n) is 3.91. The number of carbonyl (C=O) groups excluding carboxylic acids is 3. The van der Waals surface area contributed by atoms with Crippen molar-refractivity contribution < 1.29 is 33.7 Å². The van der Waals surface area contributed by atoms with Gasteiger partial charge >= 0.3 is 17.9 Å².